The van der Waals surface area contributed by atoms with Crippen LogP contribution >= 0.6 is 0 Å². The number of amides is 2. The van der Waals surface area contributed by atoms with Crippen LogP contribution in [0.25, 0.3) is 10.8 Å². The summed E-state index contributed by atoms with van der Waals surface area (Å²) >= 11 is 0. The molecule has 0 aliphatic heterocycles. The number of ether oxygens (including phenoxy) is 1. The van der Waals surface area contributed by atoms with Crippen LogP contribution in [0, 0.1) is 0 Å². The van der Waals surface area contributed by atoms with Gasteiger partial charge < -0.3 is 15.0 Å². The molecule has 1 aromatic carbocycles. The van der Waals surface area contributed by atoms with Gasteiger partial charge in [0, 0.05) is 44.5 Å². The first kappa shape index (κ1) is 17.2. The Hall–Kier alpha value is -2.14. The lowest BCUT2D eigenvalue weighted by Gasteiger charge is -2.21. The lowest BCUT2D eigenvalue weighted by Crippen LogP contribution is -2.41. The van der Waals surface area contributed by atoms with Crippen molar-refractivity contribution in [2.24, 2.45) is 0 Å². The van der Waals surface area contributed by atoms with Crippen molar-refractivity contribution in [3.63, 3.8) is 0 Å². The van der Waals surface area contributed by atoms with E-state index in [-0.39, 0.29) is 12.1 Å². The molecule has 0 radical (unpaired) electrons. The highest BCUT2D eigenvalue weighted by Crippen LogP contribution is 2.18. The zero-order valence-corrected chi connectivity index (χ0v) is 14.1. The first-order valence-electron chi connectivity index (χ1n) is 8.07. The van der Waals surface area contributed by atoms with E-state index in [1.165, 1.54) is 0 Å². The number of fused-ring (bicyclic) bond motifs is 1. The lowest BCUT2D eigenvalue weighted by molar-refractivity contribution is 0.0608. The second-order valence-electron chi connectivity index (χ2n) is 5.54. The monoisotopic (exact) mass is 315 g/mol. The molecule has 0 fully saturated rings. The van der Waals surface area contributed by atoms with Gasteiger partial charge in [0.05, 0.1) is 6.10 Å². The summed E-state index contributed by atoms with van der Waals surface area (Å²) in [5.74, 6) is 0. The van der Waals surface area contributed by atoms with Gasteiger partial charge in [0.15, 0.2) is 0 Å². The van der Waals surface area contributed by atoms with Crippen LogP contribution in [0.1, 0.15) is 25.8 Å². The van der Waals surface area contributed by atoms with E-state index in [0.717, 1.165) is 22.8 Å². The van der Waals surface area contributed by atoms with Crippen molar-refractivity contribution in [3.8, 4) is 0 Å². The van der Waals surface area contributed by atoms with E-state index in [2.05, 4.69) is 17.2 Å². The summed E-state index contributed by atoms with van der Waals surface area (Å²) in [6.45, 7) is 5.77. The summed E-state index contributed by atoms with van der Waals surface area (Å²) in [7, 11) is 1.80. The summed E-state index contributed by atoms with van der Waals surface area (Å²) < 4.78 is 5.56. The summed E-state index contributed by atoms with van der Waals surface area (Å²) in [4.78, 5) is 18.1. The first-order valence-corrected chi connectivity index (χ1v) is 8.07. The van der Waals surface area contributed by atoms with Crippen LogP contribution in [-0.2, 0) is 11.3 Å². The Balaban J connectivity index is 1.97. The van der Waals surface area contributed by atoms with Gasteiger partial charge in [0.25, 0.3) is 0 Å². The zero-order chi connectivity index (χ0) is 16.7. The van der Waals surface area contributed by atoms with Crippen LogP contribution in [0.5, 0.6) is 0 Å². The fourth-order valence-corrected chi connectivity index (χ4v) is 2.55. The van der Waals surface area contributed by atoms with E-state index >= 15 is 0 Å². The summed E-state index contributed by atoms with van der Waals surface area (Å²) in [6, 6.07) is 7.96. The number of benzene rings is 1. The zero-order valence-electron chi connectivity index (χ0n) is 14.1. The predicted octanol–water partition coefficient (Wildman–Crippen LogP) is 3.19. The van der Waals surface area contributed by atoms with E-state index < -0.39 is 0 Å². The predicted molar refractivity (Wildman–Crippen MR) is 92.3 cm³/mol. The molecule has 0 aliphatic rings. The highest BCUT2D eigenvalue weighted by molar-refractivity contribution is 5.85. The fourth-order valence-electron chi connectivity index (χ4n) is 2.55. The average Bonchev–Trinajstić information content (AvgIpc) is 2.58. The molecule has 0 saturated carbocycles. The second kappa shape index (κ2) is 8.48. The van der Waals surface area contributed by atoms with Gasteiger partial charge in [0.1, 0.15) is 0 Å². The van der Waals surface area contributed by atoms with Crippen molar-refractivity contribution in [3.05, 3.63) is 42.2 Å². The highest BCUT2D eigenvalue weighted by atomic mass is 16.5. The SMILES string of the molecule is CCO[C@@H](CC)CNC(=O)N(C)Cc1cccc2cnccc12. The molecule has 0 bridgehead atoms. The van der Waals surface area contributed by atoms with Crippen molar-refractivity contribution >= 4 is 16.8 Å². The third-order valence-corrected chi connectivity index (χ3v) is 3.86. The number of aromatic nitrogens is 1. The maximum atomic E-state index is 12.3. The Kier molecular flexibility index (Phi) is 6.35. The van der Waals surface area contributed by atoms with Gasteiger partial charge in [-0.15, -0.1) is 0 Å². The van der Waals surface area contributed by atoms with E-state index in [0.29, 0.717) is 19.7 Å². The number of nitrogens with one attached hydrogen (secondary N) is 1. The number of carbonyl (C=O) groups excluding carboxylic acids is 1. The quantitative estimate of drug-likeness (QED) is 0.853. The third-order valence-electron chi connectivity index (χ3n) is 3.86. The van der Waals surface area contributed by atoms with Gasteiger partial charge in [-0.05, 0) is 30.4 Å². The molecule has 0 unspecified atom stereocenters. The van der Waals surface area contributed by atoms with Crippen molar-refractivity contribution in [2.75, 3.05) is 20.2 Å². The van der Waals surface area contributed by atoms with E-state index in [9.17, 15) is 4.79 Å². The molecule has 0 saturated heterocycles. The number of hydrogen-bond acceptors (Lipinski definition) is 3. The van der Waals surface area contributed by atoms with Crippen LogP contribution in [0.15, 0.2) is 36.7 Å². The van der Waals surface area contributed by atoms with Gasteiger partial charge >= 0.3 is 6.03 Å². The van der Waals surface area contributed by atoms with Crippen molar-refractivity contribution < 1.29 is 9.53 Å². The van der Waals surface area contributed by atoms with Crippen LogP contribution in [-0.4, -0.2) is 42.2 Å². The summed E-state index contributed by atoms with van der Waals surface area (Å²) in [5, 5.41) is 5.15. The van der Waals surface area contributed by atoms with Crippen LogP contribution in [0.3, 0.4) is 0 Å². The molecule has 23 heavy (non-hydrogen) atoms. The van der Waals surface area contributed by atoms with E-state index in [1.54, 1.807) is 18.1 Å². The van der Waals surface area contributed by atoms with Crippen molar-refractivity contribution in [1.82, 2.24) is 15.2 Å². The van der Waals surface area contributed by atoms with Gasteiger partial charge in [-0.25, -0.2) is 4.79 Å². The number of carbonyl (C=O) groups is 1. The molecular formula is C18H25N3O2. The molecule has 0 aliphatic carbocycles. The maximum absolute atomic E-state index is 12.3. The Morgan fingerprint density at radius 3 is 2.91 bits per heavy atom. The van der Waals surface area contributed by atoms with Gasteiger partial charge in [-0.1, -0.05) is 25.1 Å². The van der Waals surface area contributed by atoms with E-state index in [4.69, 9.17) is 4.74 Å². The molecule has 1 aromatic heterocycles. The fraction of sp³-hybridized carbons (Fsp3) is 0.444. The third kappa shape index (κ3) is 4.66. The smallest absolute Gasteiger partial charge is 0.317 e. The topological polar surface area (TPSA) is 54.5 Å². The molecule has 1 heterocycles. The number of nitrogens with zero attached hydrogens (tertiary/aromatic N) is 2. The number of hydrogen-bond donors (Lipinski definition) is 1. The summed E-state index contributed by atoms with van der Waals surface area (Å²) in [6.07, 6.45) is 4.57. The molecule has 2 rings (SSSR count). The Morgan fingerprint density at radius 2 is 2.17 bits per heavy atom. The molecule has 1 N–H and O–H groups in total. The molecule has 2 amide bonds. The van der Waals surface area contributed by atoms with Crippen molar-refractivity contribution in [2.45, 2.75) is 32.9 Å². The normalized spacial score (nSPS) is 12.1. The van der Waals surface area contributed by atoms with Crippen LogP contribution in [0.2, 0.25) is 0 Å². The minimum Gasteiger partial charge on any atom is -0.377 e. The number of pyridine rings is 1. The number of rotatable bonds is 7. The average molecular weight is 315 g/mol. The molecule has 5 heteroatoms. The van der Waals surface area contributed by atoms with Gasteiger partial charge in [-0.2, -0.15) is 0 Å². The maximum Gasteiger partial charge on any atom is 0.317 e. The Labute approximate surface area is 137 Å². The standard InChI is InChI=1S/C18H25N3O2/c1-4-16(23-5-2)12-20-18(22)21(3)13-15-8-6-7-14-11-19-10-9-17(14)15/h6-11,16H,4-5,12-13H2,1-3H3,(H,20,22)/t16-/m0/s1. The lowest BCUT2D eigenvalue weighted by atomic mass is 10.1. The molecule has 124 valence electrons. The largest absolute Gasteiger partial charge is 0.377 e. The van der Waals surface area contributed by atoms with Gasteiger partial charge in [-0.3, -0.25) is 4.98 Å². The van der Waals surface area contributed by atoms with Crippen LogP contribution < -0.4 is 5.32 Å². The van der Waals surface area contributed by atoms with Gasteiger partial charge in [0.2, 0.25) is 0 Å². The minimum atomic E-state index is -0.0887. The molecule has 1 atom stereocenters. The Bertz CT molecular complexity index is 640. The molecule has 0 spiro atoms. The second-order valence-corrected chi connectivity index (χ2v) is 5.54. The first-order chi connectivity index (χ1) is 11.2. The highest BCUT2D eigenvalue weighted by Gasteiger charge is 2.13. The Morgan fingerprint density at radius 1 is 1.35 bits per heavy atom. The van der Waals surface area contributed by atoms with Crippen molar-refractivity contribution in [1.29, 1.82) is 0 Å². The van der Waals surface area contributed by atoms with Crippen LogP contribution in [0.4, 0.5) is 4.79 Å². The number of urea groups is 1. The molecular weight excluding hydrogens is 290 g/mol. The summed E-state index contributed by atoms with van der Waals surface area (Å²) in [5.41, 5.74) is 1.11. The minimum absolute atomic E-state index is 0.0704. The molecule has 2 aromatic rings. The molecule has 5 nitrogen and oxygen atoms in total. The van der Waals surface area contributed by atoms with E-state index in [1.807, 2.05) is 37.4 Å².